The normalized spacial score (nSPS) is 11.8. The molecule has 5 nitrogen and oxygen atoms in total. The number of carbonyl (C=O) groups excluding carboxylic acids is 1. The Balaban J connectivity index is 1.77. The zero-order valence-electron chi connectivity index (χ0n) is 14.3. The molecule has 0 saturated heterocycles. The molecule has 0 atom stereocenters. The van der Waals surface area contributed by atoms with Gasteiger partial charge in [0.2, 0.25) is 0 Å². The predicted octanol–water partition coefficient (Wildman–Crippen LogP) is 5.10. The number of carbonyl (C=O) groups is 1. The van der Waals surface area contributed by atoms with Gasteiger partial charge in [0, 0.05) is 0 Å². The molecular weight excluding hydrogens is 443 g/mol. The van der Waals surface area contributed by atoms with E-state index in [-0.39, 0.29) is 28.0 Å². The first-order chi connectivity index (χ1) is 13.8. The zero-order valence-corrected chi connectivity index (χ0v) is 16.8. The van der Waals surface area contributed by atoms with Crippen LogP contribution < -0.4 is 5.56 Å². The van der Waals surface area contributed by atoms with E-state index >= 15 is 0 Å². The van der Waals surface area contributed by atoms with Crippen LogP contribution in [0.1, 0.15) is 15.2 Å². The third kappa shape index (κ3) is 4.11. The maximum Gasteiger partial charge on any atom is 0.417 e. The van der Waals surface area contributed by atoms with Gasteiger partial charge in [0.25, 0.3) is 5.56 Å². The summed E-state index contributed by atoms with van der Waals surface area (Å²) in [6.45, 7) is 0. The Labute approximate surface area is 173 Å². The van der Waals surface area contributed by atoms with Crippen molar-refractivity contribution in [2.24, 2.45) is 0 Å². The van der Waals surface area contributed by atoms with Gasteiger partial charge in [0.05, 0.1) is 32.2 Å². The van der Waals surface area contributed by atoms with Crippen molar-refractivity contribution in [1.82, 2.24) is 15.0 Å². The van der Waals surface area contributed by atoms with Crippen molar-refractivity contribution >= 4 is 51.3 Å². The fourth-order valence-corrected chi connectivity index (χ4v) is 4.79. The molecule has 4 rings (SSSR count). The molecule has 4 aromatic heterocycles. The average Bonchev–Trinajstić information content (AvgIpc) is 3.38. The minimum Gasteiger partial charge on any atom is -0.301 e. The van der Waals surface area contributed by atoms with Crippen molar-refractivity contribution in [3.05, 3.63) is 61.9 Å². The van der Waals surface area contributed by atoms with Crippen LogP contribution in [0, 0.1) is 0 Å². The molecule has 29 heavy (non-hydrogen) atoms. The standard InChI is InChI=1S/C18H10F3N3O2S3/c19-18(20,21)9-7-10(12-3-1-5-27-12)22-15-14(9)16(26)24-17(23-15)29-8-11(25)13-4-2-6-28-13/h1-7H,8H2,(H,22,23,24,26). The van der Waals surface area contributed by atoms with E-state index in [0.29, 0.717) is 9.75 Å². The van der Waals surface area contributed by atoms with E-state index in [4.69, 9.17) is 0 Å². The Morgan fingerprint density at radius 2 is 1.90 bits per heavy atom. The van der Waals surface area contributed by atoms with E-state index in [2.05, 4.69) is 15.0 Å². The number of nitrogens with one attached hydrogen (secondary N) is 1. The molecule has 4 heterocycles. The Kier molecular flexibility index (Phi) is 5.28. The van der Waals surface area contributed by atoms with Crippen molar-refractivity contribution in [1.29, 1.82) is 0 Å². The number of pyridine rings is 1. The molecule has 11 heteroatoms. The quantitative estimate of drug-likeness (QED) is 0.258. The summed E-state index contributed by atoms with van der Waals surface area (Å²) in [4.78, 5) is 36.2. The molecule has 0 aliphatic carbocycles. The maximum absolute atomic E-state index is 13.6. The molecule has 1 N–H and O–H groups in total. The highest BCUT2D eigenvalue weighted by atomic mass is 32.2. The lowest BCUT2D eigenvalue weighted by Gasteiger charge is -2.11. The molecule has 0 aliphatic rings. The molecule has 0 saturated carbocycles. The second-order valence-electron chi connectivity index (χ2n) is 5.79. The summed E-state index contributed by atoms with van der Waals surface area (Å²) in [5.41, 5.74) is -2.26. The van der Waals surface area contributed by atoms with Crippen LogP contribution in [0.25, 0.3) is 21.6 Å². The molecule has 0 radical (unpaired) electrons. The number of ketones is 1. The Bertz CT molecular complexity index is 1230. The summed E-state index contributed by atoms with van der Waals surface area (Å²) >= 11 is 3.46. The number of aromatic nitrogens is 3. The zero-order chi connectivity index (χ0) is 20.6. The van der Waals surface area contributed by atoms with Crippen molar-refractivity contribution in [3.8, 4) is 10.6 Å². The van der Waals surface area contributed by atoms with Crippen LogP contribution in [0.4, 0.5) is 13.2 Å². The molecule has 0 spiro atoms. The number of thioether (sulfide) groups is 1. The lowest BCUT2D eigenvalue weighted by molar-refractivity contribution is -0.136. The van der Waals surface area contributed by atoms with Gasteiger partial charge in [-0.1, -0.05) is 23.9 Å². The van der Waals surface area contributed by atoms with Gasteiger partial charge in [-0.3, -0.25) is 9.59 Å². The number of thiophene rings is 2. The van der Waals surface area contributed by atoms with Gasteiger partial charge >= 0.3 is 6.18 Å². The van der Waals surface area contributed by atoms with E-state index in [1.807, 2.05) is 0 Å². The van der Waals surface area contributed by atoms with Crippen molar-refractivity contribution in [2.75, 3.05) is 5.75 Å². The summed E-state index contributed by atoms with van der Waals surface area (Å²) in [7, 11) is 0. The number of Topliss-reactive ketones (excluding diaryl/α,β-unsaturated/α-hetero) is 1. The highest BCUT2D eigenvalue weighted by molar-refractivity contribution is 7.99. The Morgan fingerprint density at radius 3 is 2.55 bits per heavy atom. The van der Waals surface area contributed by atoms with E-state index in [9.17, 15) is 22.8 Å². The molecule has 148 valence electrons. The first kappa shape index (κ1) is 19.8. The van der Waals surface area contributed by atoms with Gasteiger partial charge in [-0.25, -0.2) is 9.97 Å². The number of hydrogen-bond donors (Lipinski definition) is 1. The second-order valence-corrected chi connectivity index (χ2v) is 8.65. The third-order valence-corrected chi connectivity index (χ3v) is 6.55. The van der Waals surface area contributed by atoms with Crippen molar-refractivity contribution in [2.45, 2.75) is 11.3 Å². The minimum absolute atomic E-state index is 0.00823. The molecular formula is C18H10F3N3O2S3. The smallest absolute Gasteiger partial charge is 0.301 e. The first-order valence-corrected chi connectivity index (χ1v) is 10.8. The molecule has 0 aliphatic heterocycles. The summed E-state index contributed by atoms with van der Waals surface area (Å²) in [6.07, 6.45) is -4.74. The number of halogens is 3. The number of H-pyrrole nitrogens is 1. The monoisotopic (exact) mass is 453 g/mol. The number of fused-ring (bicyclic) bond motifs is 1. The lowest BCUT2D eigenvalue weighted by atomic mass is 10.1. The van der Waals surface area contributed by atoms with Crippen molar-refractivity contribution < 1.29 is 18.0 Å². The van der Waals surface area contributed by atoms with Crippen LogP contribution in [0.15, 0.2) is 51.0 Å². The van der Waals surface area contributed by atoms with Gasteiger partial charge in [-0.15, -0.1) is 22.7 Å². The van der Waals surface area contributed by atoms with E-state index in [0.717, 1.165) is 17.8 Å². The SMILES string of the molecule is O=C(CSc1nc2nc(-c3cccs3)cc(C(F)(F)F)c2c(=O)[nH]1)c1cccs1. The maximum atomic E-state index is 13.6. The van der Waals surface area contributed by atoms with Gasteiger partial charge < -0.3 is 4.98 Å². The summed E-state index contributed by atoms with van der Waals surface area (Å²) in [5, 5.41) is 2.91. The summed E-state index contributed by atoms with van der Waals surface area (Å²) < 4.78 is 40.7. The lowest BCUT2D eigenvalue weighted by Crippen LogP contribution is -2.17. The first-order valence-electron chi connectivity index (χ1n) is 8.08. The highest BCUT2D eigenvalue weighted by Crippen LogP contribution is 2.36. The third-order valence-electron chi connectivity index (χ3n) is 3.87. The molecule has 0 amide bonds. The molecule has 0 aromatic carbocycles. The number of nitrogens with zero attached hydrogens (tertiary/aromatic N) is 2. The fourth-order valence-electron chi connectivity index (χ4n) is 2.60. The van der Waals surface area contributed by atoms with E-state index < -0.39 is 22.7 Å². The summed E-state index contributed by atoms with van der Waals surface area (Å²) in [6, 6.07) is 7.61. The number of aromatic amines is 1. The average molecular weight is 453 g/mol. The molecule has 4 aromatic rings. The Morgan fingerprint density at radius 1 is 1.14 bits per heavy atom. The van der Waals surface area contributed by atoms with Crippen LogP contribution in [0.5, 0.6) is 0 Å². The largest absolute Gasteiger partial charge is 0.417 e. The number of alkyl halides is 3. The summed E-state index contributed by atoms with van der Waals surface area (Å²) in [5.74, 6) is -0.171. The topological polar surface area (TPSA) is 75.7 Å². The predicted molar refractivity (Wildman–Crippen MR) is 108 cm³/mol. The van der Waals surface area contributed by atoms with Gasteiger partial charge in [-0.05, 0) is 29.0 Å². The van der Waals surface area contributed by atoms with Gasteiger partial charge in [0.15, 0.2) is 16.6 Å². The Hall–Kier alpha value is -2.50. The van der Waals surface area contributed by atoms with E-state index in [1.165, 1.54) is 22.7 Å². The van der Waals surface area contributed by atoms with Crippen LogP contribution in [-0.2, 0) is 6.18 Å². The molecule has 0 bridgehead atoms. The van der Waals surface area contributed by atoms with Crippen LogP contribution >= 0.6 is 34.4 Å². The highest BCUT2D eigenvalue weighted by Gasteiger charge is 2.35. The van der Waals surface area contributed by atoms with Gasteiger partial charge in [0.1, 0.15) is 0 Å². The molecule has 0 unspecified atom stereocenters. The van der Waals surface area contributed by atoms with Crippen molar-refractivity contribution in [3.63, 3.8) is 0 Å². The van der Waals surface area contributed by atoms with Gasteiger partial charge in [-0.2, -0.15) is 13.2 Å². The fraction of sp³-hybridized carbons (Fsp3) is 0.111. The minimum atomic E-state index is -4.74. The van der Waals surface area contributed by atoms with E-state index in [1.54, 1.807) is 35.0 Å². The number of rotatable bonds is 5. The van der Waals surface area contributed by atoms with Crippen LogP contribution in [0.3, 0.4) is 0 Å². The molecule has 0 fully saturated rings. The second kappa shape index (κ2) is 7.73. The van der Waals surface area contributed by atoms with Crippen LogP contribution in [0.2, 0.25) is 0 Å². The number of hydrogen-bond acceptors (Lipinski definition) is 7. The van der Waals surface area contributed by atoms with Crippen LogP contribution in [-0.4, -0.2) is 26.5 Å².